The molecule has 29 heavy (non-hydrogen) atoms. The van der Waals surface area contributed by atoms with Gasteiger partial charge in [0.05, 0.1) is 4.90 Å². The maximum Gasteiger partial charge on any atom is 0.258 e. The van der Waals surface area contributed by atoms with E-state index in [2.05, 4.69) is 23.1 Å². The molecule has 3 aromatic rings. The minimum Gasteiger partial charge on any atom is -0.334 e. The molecule has 2 heterocycles. The van der Waals surface area contributed by atoms with Crippen molar-refractivity contribution in [3.05, 3.63) is 53.6 Å². The molecular weight excluding hydrogens is 386 g/mol. The predicted octanol–water partition coefficient (Wildman–Crippen LogP) is 4.44. The fraction of sp³-hybridized carbons (Fsp3) is 0.364. The summed E-state index contributed by atoms with van der Waals surface area (Å²) in [6.07, 6.45) is 1.81. The summed E-state index contributed by atoms with van der Waals surface area (Å²) >= 11 is 0. The lowest BCUT2D eigenvalue weighted by Crippen LogP contribution is -2.37. The van der Waals surface area contributed by atoms with Gasteiger partial charge in [-0.3, -0.25) is 0 Å². The van der Waals surface area contributed by atoms with Crippen molar-refractivity contribution >= 4 is 10.0 Å². The molecule has 1 aliphatic heterocycles. The lowest BCUT2D eigenvalue weighted by molar-refractivity contribution is 0.288. The normalized spacial score (nSPS) is 16.2. The second-order valence-corrected chi connectivity index (χ2v) is 9.85. The highest BCUT2D eigenvalue weighted by Crippen LogP contribution is 2.27. The number of piperidine rings is 1. The van der Waals surface area contributed by atoms with Gasteiger partial charge in [0.15, 0.2) is 0 Å². The van der Waals surface area contributed by atoms with E-state index >= 15 is 0 Å². The zero-order chi connectivity index (χ0) is 20.6. The SMILES string of the molecule is Cc1cc(C)cc(-c2nc(-c3ccc(S(=O)(=O)N4CCC(C)CC4)cc3)no2)c1. The van der Waals surface area contributed by atoms with E-state index in [0.717, 1.165) is 35.1 Å². The van der Waals surface area contributed by atoms with Crippen LogP contribution in [-0.2, 0) is 10.0 Å². The average Bonchev–Trinajstić information content (AvgIpc) is 3.18. The van der Waals surface area contributed by atoms with Crippen LogP contribution in [0.5, 0.6) is 0 Å². The molecule has 0 unspecified atom stereocenters. The lowest BCUT2D eigenvalue weighted by atomic mass is 10.0. The molecular formula is C22H25N3O3S. The van der Waals surface area contributed by atoms with Gasteiger partial charge in [-0.05, 0) is 69.0 Å². The molecule has 0 radical (unpaired) electrons. The highest BCUT2D eigenvalue weighted by molar-refractivity contribution is 7.89. The van der Waals surface area contributed by atoms with Gasteiger partial charge in [0.25, 0.3) is 5.89 Å². The monoisotopic (exact) mass is 411 g/mol. The third kappa shape index (κ3) is 4.11. The summed E-state index contributed by atoms with van der Waals surface area (Å²) in [6.45, 7) is 7.37. The summed E-state index contributed by atoms with van der Waals surface area (Å²) in [5.41, 5.74) is 3.85. The fourth-order valence-electron chi connectivity index (χ4n) is 3.71. The van der Waals surface area contributed by atoms with Crippen LogP contribution in [0, 0.1) is 19.8 Å². The summed E-state index contributed by atoms with van der Waals surface area (Å²) in [5.74, 6) is 1.47. The van der Waals surface area contributed by atoms with E-state index < -0.39 is 10.0 Å². The third-order valence-corrected chi connectivity index (χ3v) is 7.30. The minimum atomic E-state index is -3.46. The summed E-state index contributed by atoms with van der Waals surface area (Å²) in [4.78, 5) is 4.79. The molecule has 0 amide bonds. The Morgan fingerprint density at radius 2 is 1.59 bits per heavy atom. The van der Waals surface area contributed by atoms with E-state index in [9.17, 15) is 8.42 Å². The summed E-state index contributed by atoms with van der Waals surface area (Å²) in [6, 6.07) is 12.8. The van der Waals surface area contributed by atoms with Crippen LogP contribution in [-0.4, -0.2) is 36.0 Å². The quantitative estimate of drug-likeness (QED) is 0.634. The number of hydrogen-bond donors (Lipinski definition) is 0. The third-order valence-electron chi connectivity index (χ3n) is 5.39. The van der Waals surface area contributed by atoms with Crippen LogP contribution in [0.15, 0.2) is 51.9 Å². The van der Waals surface area contributed by atoms with E-state index in [1.165, 1.54) is 0 Å². The molecule has 1 aromatic heterocycles. The Hall–Kier alpha value is -2.51. The summed E-state index contributed by atoms with van der Waals surface area (Å²) < 4.78 is 32.7. The van der Waals surface area contributed by atoms with Gasteiger partial charge in [-0.15, -0.1) is 0 Å². The fourth-order valence-corrected chi connectivity index (χ4v) is 5.18. The molecule has 6 nitrogen and oxygen atoms in total. The van der Waals surface area contributed by atoms with Gasteiger partial charge in [-0.1, -0.05) is 29.3 Å². The maximum absolute atomic E-state index is 12.9. The Morgan fingerprint density at radius 3 is 2.21 bits per heavy atom. The average molecular weight is 412 g/mol. The molecule has 0 spiro atoms. The lowest BCUT2D eigenvalue weighted by Gasteiger charge is -2.29. The van der Waals surface area contributed by atoms with Crippen LogP contribution in [0.3, 0.4) is 0 Å². The molecule has 4 rings (SSSR count). The maximum atomic E-state index is 12.9. The molecule has 1 fully saturated rings. The molecule has 1 saturated heterocycles. The van der Waals surface area contributed by atoms with Gasteiger partial charge in [-0.25, -0.2) is 8.42 Å². The van der Waals surface area contributed by atoms with E-state index in [1.807, 2.05) is 26.0 Å². The number of aromatic nitrogens is 2. The molecule has 1 aliphatic rings. The predicted molar refractivity (Wildman–Crippen MR) is 112 cm³/mol. The van der Waals surface area contributed by atoms with Gasteiger partial charge in [-0.2, -0.15) is 9.29 Å². The molecule has 0 saturated carbocycles. The molecule has 0 bridgehead atoms. The van der Waals surface area contributed by atoms with Crippen LogP contribution in [0.25, 0.3) is 22.8 Å². The van der Waals surface area contributed by atoms with Gasteiger partial charge < -0.3 is 4.52 Å². The number of rotatable bonds is 4. The summed E-state index contributed by atoms with van der Waals surface area (Å²) in [5, 5.41) is 4.07. The zero-order valence-corrected chi connectivity index (χ0v) is 17.7. The standard InChI is InChI=1S/C22H25N3O3S/c1-15-8-10-25(11-9-15)29(26,27)20-6-4-18(5-7-20)21-23-22(28-24-21)19-13-16(2)12-17(3)14-19/h4-7,12-15H,8-11H2,1-3H3. The topological polar surface area (TPSA) is 76.3 Å². The first-order chi connectivity index (χ1) is 13.8. The van der Waals surface area contributed by atoms with Crippen molar-refractivity contribution in [3.8, 4) is 22.8 Å². The first kappa shape index (κ1) is 19.8. The van der Waals surface area contributed by atoms with Gasteiger partial charge >= 0.3 is 0 Å². The van der Waals surface area contributed by atoms with E-state index in [0.29, 0.717) is 35.6 Å². The Kier molecular flexibility index (Phi) is 5.27. The summed E-state index contributed by atoms with van der Waals surface area (Å²) in [7, 11) is -3.46. The number of hydrogen-bond acceptors (Lipinski definition) is 5. The van der Waals surface area contributed by atoms with Crippen LogP contribution < -0.4 is 0 Å². The van der Waals surface area contributed by atoms with Crippen LogP contribution in [0.2, 0.25) is 0 Å². The second kappa shape index (κ2) is 7.72. The number of benzene rings is 2. The first-order valence-corrected chi connectivity index (χ1v) is 11.3. The van der Waals surface area contributed by atoms with Crippen molar-refractivity contribution in [3.63, 3.8) is 0 Å². The Labute approximate surface area is 171 Å². The number of aryl methyl sites for hydroxylation is 2. The highest BCUT2D eigenvalue weighted by Gasteiger charge is 2.28. The minimum absolute atomic E-state index is 0.300. The Bertz CT molecular complexity index is 1090. The largest absolute Gasteiger partial charge is 0.334 e. The van der Waals surface area contributed by atoms with E-state index in [1.54, 1.807) is 28.6 Å². The molecule has 2 aromatic carbocycles. The zero-order valence-electron chi connectivity index (χ0n) is 16.9. The van der Waals surface area contributed by atoms with Gasteiger partial charge in [0.1, 0.15) is 0 Å². The smallest absolute Gasteiger partial charge is 0.258 e. The van der Waals surface area contributed by atoms with Crippen molar-refractivity contribution in [2.24, 2.45) is 5.92 Å². The van der Waals surface area contributed by atoms with Crippen LogP contribution in [0.4, 0.5) is 0 Å². The van der Waals surface area contributed by atoms with E-state index in [-0.39, 0.29) is 0 Å². The molecule has 0 aliphatic carbocycles. The van der Waals surface area contributed by atoms with E-state index in [4.69, 9.17) is 4.52 Å². The first-order valence-electron chi connectivity index (χ1n) is 9.86. The number of sulfonamides is 1. The molecule has 152 valence electrons. The van der Waals surface area contributed by atoms with Crippen molar-refractivity contribution in [2.45, 2.75) is 38.5 Å². The molecule has 7 heteroatoms. The van der Waals surface area contributed by atoms with Gasteiger partial charge in [0.2, 0.25) is 15.8 Å². The van der Waals surface area contributed by atoms with Crippen molar-refractivity contribution in [1.29, 1.82) is 0 Å². The second-order valence-electron chi connectivity index (χ2n) is 7.91. The van der Waals surface area contributed by atoms with Crippen molar-refractivity contribution < 1.29 is 12.9 Å². The molecule has 0 atom stereocenters. The van der Waals surface area contributed by atoms with Crippen molar-refractivity contribution in [1.82, 2.24) is 14.4 Å². The molecule has 0 N–H and O–H groups in total. The van der Waals surface area contributed by atoms with Gasteiger partial charge in [0, 0.05) is 24.2 Å². The van der Waals surface area contributed by atoms with Crippen LogP contribution >= 0.6 is 0 Å². The van der Waals surface area contributed by atoms with Crippen molar-refractivity contribution in [2.75, 3.05) is 13.1 Å². The number of nitrogens with zero attached hydrogens (tertiary/aromatic N) is 3. The van der Waals surface area contributed by atoms with Crippen LogP contribution in [0.1, 0.15) is 30.9 Å². The highest BCUT2D eigenvalue weighted by atomic mass is 32.2. The Morgan fingerprint density at radius 1 is 0.966 bits per heavy atom. The Balaban J connectivity index is 1.56.